The minimum atomic E-state index is -0.446. The van der Waals surface area contributed by atoms with Gasteiger partial charge in [0, 0.05) is 21.4 Å². The maximum Gasteiger partial charge on any atom is 0.145 e. The lowest BCUT2D eigenvalue weighted by atomic mass is 10.1. The fourth-order valence-corrected chi connectivity index (χ4v) is 2.14. The van der Waals surface area contributed by atoms with Crippen molar-refractivity contribution in [3.8, 4) is 6.07 Å². The first-order chi connectivity index (χ1) is 8.70. The van der Waals surface area contributed by atoms with Gasteiger partial charge in [-0.15, -0.1) is 0 Å². The molecule has 0 amide bonds. The molecule has 0 saturated heterocycles. The predicted octanol–water partition coefficient (Wildman–Crippen LogP) is 3.91. The van der Waals surface area contributed by atoms with Crippen LogP contribution in [0.4, 0.5) is 10.1 Å². The smallest absolute Gasteiger partial charge is 0.145 e. The van der Waals surface area contributed by atoms with Crippen molar-refractivity contribution in [3.63, 3.8) is 0 Å². The van der Waals surface area contributed by atoms with Gasteiger partial charge in [-0.25, -0.2) is 4.39 Å². The van der Waals surface area contributed by atoms with E-state index in [1.165, 1.54) is 6.07 Å². The highest BCUT2D eigenvalue weighted by Gasteiger charge is 2.06. The molecule has 0 unspecified atom stereocenters. The van der Waals surface area contributed by atoms with Crippen molar-refractivity contribution < 1.29 is 4.39 Å². The van der Waals surface area contributed by atoms with Gasteiger partial charge in [0.25, 0.3) is 0 Å². The summed E-state index contributed by atoms with van der Waals surface area (Å²) in [7, 11) is 0. The molecule has 2 nitrogen and oxygen atoms in total. The van der Waals surface area contributed by atoms with E-state index in [1.807, 2.05) is 30.3 Å². The van der Waals surface area contributed by atoms with Gasteiger partial charge in [-0.1, -0.05) is 18.2 Å². The molecule has 4 heteroatoms. The normalized spacial score (nSPS) is 9.83. The summed E-state index contributed by atoms with van der Waals surface area (Å²) < 4.78 is 14.9. The number of nitrogens with one attached hydrogen (secondary N) is 1. The van der Waals surface area contributed by atoms with Crippen molar-refractivity contribution in [2.75, 3.05) is 5.32 Å². The lowest BCUT2D eigenvalue weighted by Crippen LogP contribution is -2.03. The lowest BCUT2D eigenvalue weighted by molar-refractivity contribution is 0.609. The molecule has 0 bridgehead atoms. The molecule has 18 heavy (non-hydrogen) atoms. The molecule has 0 heterocycles. The first-order valence-electron chi connectivity index (χ1n) is 5.37. The zero-order chi connectivity index (χ0) is 13.0. The summed E-state index contributed by atoms with van der Waals surface area (Å²) in [6.45, 7) is 0.363. The summed E-state index contributed by atoms with van der Waals surface area (Å²) >= 11 is 2.22. The van der Waals surface area contributed by atoms with Gasteiger partial charge in [0.15, 0.2) is 0 Å². The standard InChI is InChI=1S/C14H10FIN2/c15-14-10(8-17)3-1-4-11(14)9-18-13-6-2-5-12(16)7-13/h1-7,18H,9H2. The van der Waals surface area contributed by atoms with Crippen LogP contribution in [0.5, 0.6) is 0 Å². The van der Waals surface area contributed by atoms with E-state index in [2.05, 4.69) is 27.9 Å². The average Bonchev–Trinajstić information content (AvgIpc) is 2.38. The van der Waals surface area contributed by atoms with Crippen LogP contribution in [0.15, 0.2) is 42.5 Å². The Morgan fingerprint density at radius 1 is 1.22 bits per heavy atom. The molecular weight excluding hydrogens is 342 g/mol. The molecule has 0 radical (unpaired) electrons. The van der Waals surface area contributed by atoms with E-state index >= 15 is 0 Å². The van der Waals surface area contributed by atoms with Crippen LogP contribution in [0.2, 0.25) is 0 Å². The van der Waals surface area contributed by atoms with E-state index in [4.69, 9.17) is 5.26 Å². The van der Waals surface area contributed by atoms with Gasteiger partial charge >= 0.3 is 0 Å². The number of rotatable bonds is 3. The van der Waals surface area contributed by atoms with Gasteiger partial charge in [-0.2, -0.15) is 5.26 Å². The maximum atomic E-state index is 13.8. The molecule has 1 N–H and O–H groups in total. The van der Waals surface area contributed by atoms with Crippen molar-refractivity contribution in [3.05, 3.63) is 63.0 Å². The zero-order valence-electron chi connectivity index (χ0n) is 9.45. The van der Waals surface area contributed by atoms with Gasteiger partial charge in [0.2, 0.25) is 0 Å². The molecule has 0 aliphatic heterocycles. The van der Waals surface area contributed by atoms with E-state index in [0.29, 0.717) is 12.1 Å². The predicted molar refractivity (Wildman–Crippen MR) is 77.6 cm³/mol. The Morgan fingerprint density at radius 3 is 2.72 bits per heavy atom. The van der Waals surface area contributed by atoms with E-state index in [-0.39, 0.29) is 5.56 Å². The summed E-state index contributed by atoms with van der Waals surface area (Å²) in [5.74, 6) is -0.446. The Labute approximate surface area is 119 Å². The quantitative estimate of drug-likeness (QED) is 0.851. The van der Waals surface area contributed by atoms with Crippen molar-refractivity contribution in [1.29, 1.82) is 5.26 Å². The van der Waals surface area contributed by atoms with Gasteiger partial charge in [-0.05, 0) is 46.9 Å². The molecular formula is C14H10FIN2. The van der Waals surface area contributed by atoms with Crippen LogP contribution in [-0.4, -0.2) is 0 Å². The Balaban J connectivity index is 2.14. The molecule has 0 aliphatic carbocycles. The summed E-state index contributed by atoms with van der Waals surface area (Å²) in [6, 6.07) is 14.5. The van der Waals surface area contributed by atoms with Crippen LogP contribution in [0.3, 0.4) is 0 Å². The summed E-state index contributed by atoms with van der Waals surface area (Å²) in [5.41, 5.74) is 1.51. The van der Waals surface area contributed by atoms with Gasteiger partial charge < -0.3 is 5.32 Å². The Morgan fingerprint density at radius 2 is 2.00 bits per heavy atom. The van der Waals surface area contributed by atoms with Crippen LogP contribution >= 0.6 is 22.6 Å². The molecule has 0 spiro atoms. The maximum absolute atomic E-state index is 13.8. The highest BCUT2D eigenvalue weighted by molar-refractivity contribution is 14.1. The number of hydrogen-bond acceptors (Lipinski definition) is 2. The fourth-order valence-electron chi connectivity index (χ4n) is 1.60. The van der Waals surface area contributed by atoms with E-state index in [9.17, 15) is 4.39 Å². The first-order valence-corrected chi connectivity index (χ1v) is 6.45. The second-order valence-electron chi connectivity index (χ2n) is 3.75. The number of benzene rings is 2. The van der Waals surface area contributed by atoms with Gasteiger partial charge in [0.1, 0.15) is 11.9 Å². The van der Waals surface area contributed by atoms with Crippen molar-refractivity contribution in [2.45, 2.75) is 6.54 Å². The van der Waals surface area contributed by atoms with E-state index in [1.54, 1.807) is 12.1 Å². The molecule has 2 rings (SSSR count). The summed E-state index contributed by atoms with van der Waals surface area (Å²) in [5, 5.41) is 11.9. The largest absolute Gasteiger partial charge is 0.381 e. The molecule has 0 fully saturated rings. The van der Waals surface area contributed by atoms with Crippen LogP contribution in [0.1, 0.15) is 11.1 Å². The highest BCUT2D eigenvalue weighted by Crippen LogP contribution is 2.16. The number of anilines is 1. The van der Waals surface area contributed by atoms with Gasteiger partial charge in [-0.3, -0.25) is 0 Å². The molecule has 2 aromatic carbocycles. The summed E-state index contributed by atoms with van der Waals surface area (Å²) in [6.07, 6.45) is 0. The minimum Gasteiger partial charge on any atom is -0.381 e. The molecule has 90 valence electrons. The monoisotopic (exact) mass is 352 g/mol. The van der Waals surface area contributed by atoms with Gasteiger partial charge in [0.05, 0.1) is 5.56 Å². The first kappa shape index (κ1) is 12.8. The second-order valence-corrected chi connectivity index (χ2v) is 5.00. The van der Waals surface area contributed by atoms with Crippen LogP contribution in [-0.2, 0) is 6.54 Å². The third-order valence-electron chi connectivity index (χ3n) is 2.51. The Bertz CT molecular complexity index is 605. The Kier molecular flexibility index (Phi) is 4.15. The number of hydrogen-bond donors (Lipinski definition) is 1. The third kappa shape index (κ3) is 2.99. The van der Waals surface area contributed by atoms with Crippen LogP contribution in [0, 0.1) is 20.7 Å². The zero-order valence-corrected chi connectivity index (χ0v) is 11.6. The Hall–Kier alpha value is -1.61. The molecule has 0 aromatic heterocycles. The summed E-state index contributed by atoms with van der Waals surface area (Å²) in [4.78, 5) is 0. The van der Waals surface area contributed by atoms with Crippen LogP contribution in [0.25, 0.3) is 0 Å². The SMILES string of the molecule is N#Cc1cccc(CNc2cccc(I)c2)c1F. The molecule has 0 atom stereocenters. The van der Waals surface area contributed by atoms with Crippen molar-refractivity contribution >= 4 is 28.3 Å². The van der Waals surface area contributed by atoms with Crippen molar-refractivity contribution in [2.24, 2.45) is 0 Å². The third-order valence-corrected chi connectivity index (χ3v) is 3.18. The van der Waals surface area contributed by atoms with E-state index < -0.39 is 5.82 Å². The second kappa shape index (κ2) is 5.83. The topological polar surface area (TPSA) is 35.8 Å². The number of nitriles is 1. The van der Waals surface area contributed by atoms with Crippen molar-refractivity contribution in [1.82, 2.24) is 0 Å². The minimum absolute atomic E-state index is 0.0805. The average molecular weight is 352 g/mol. The molecule has 0 saturated carbocycles. The highest BCUT2D eigenvalue weighted by atomic mass is 127. The molecule has 2 aromatic rings. The fraction of sp³-hybridized carbons (Fsp3) is 0.0714. The van der Waals surface area contributed by atoms with E-state index in [0.717, 1.165) is 9.26 Å². The number of nitrogens with zero attached hydrogens (tertiary/aromatic N) is 1. The van der Waals surface area contributed by atoms with Crippen LogP contribution < -0.4 is 5.32 Å². The lowest BCUT2D eigenvalue weighted by Gasteiger charge is -2.08. The molecule has 0 aliphatic rings. The number of halogens is 2.